The van der Waals surface area contributed by atoms with Crippen molar-refractivity contribution in [3.8, 4) is 11.5 Å². The predicted molar refractivity (Wildman–Crippen MR) is 105 cm³/mol. The highest BCUT2D eigenvalue weighted by atomic mass is 32.2. The largest absolute Gasteiger partial charge is 0.490 e. The van der Waals surface area contributed by atoms with Crippen molar-refractivity contribution in [1.29, 1.82) is 0 Å². The zero-order chi connectivity index (χ0) is 19.1. The van der Waals surface area contributed by atoms with E-state index in [1.54, 1.807) is 29.2 Å². The second-order valence-corrected chi connectivity index (χ2v) is 7.01. The Morgan fingerprint density at radius 2 is 2.04 bits per heavy atom. The number of nitrogens with zero attached hydrogens (tertiary/aromatic N) is 1. The molecule has 1 fully saturated rings. The number of carbonyl (C=O) groups is 2. The Morgan fingerprint density at radius 3 is 2.69 bits per heavy atom. The van der Waals surface area contributed by atoms with E-state index in [0.29, 0.717) is 33.9 Å². The van der Waals surface area contributed by atoms with E-state index in [2.05, 4.69) is 4.74 Å². The first-order valence-corrected chi connectivity index (χ1v) is 9.44. The average molecular weight is 396 g/mol. The molecular formula is C18H21NO5S2. The fraction of sp³-hybridized carbons (Fsp3) is 0.389. The van der Waals surface area contributed by atoms with Crippen LogP contribution in [0.15, 0.2) is 23.1 Å². The molecule has 2 rings (SSSR count). The molecule has 8 heteroatoms. The first-order valence-electron chi connectivity index (χ1n) is 8.22. The van der Waals surface area contributed by atoms with Crippen LogP contribution >= 0.6 is 24.0 Å². The summed E-state index contributed by atoms with van der Waals surface area (Å²) in [6, 6.07) is 5.26. The standard InChI is InChI=1S/C18H21NO5S2/c1-4-8-19-17(21)15(26-18(19)25)10-12-6-7-13(14(9-12)23-5-2)24-11-16(20)22-3/h6-7,9-10H,4-5,8,11H2,1-3H3/b15-10-. The number of carbonyl (C=O) groups excluding carboxylic acids is 2. The van der Waals surface area contributed by atoms with Crippen molar-refractivity contribution >= 4 is 46.3 Å². The lowest BCUT2D eigenvalue weighted by atomic mass is 10.2. The summed E-state index contributed by atoms with van der Waals surface area (Å²) < 4.78 is 16.2. The number of esters is 1. The highest BCUT2D eigenvalue weighted by Crippen LogP contribution is 2.34. The Balaban J connectivity index is 2.22. The van der Waals surface area contributed by atoms with Crippen molar-refractivity contribution in [3.63, 3.8) is 0 Å². The van der Waals surface area contributed by atoms with Crippen LogP contribution in [0.4, 0.5) is 0 Å². The molecule has 0 aromatic heterocycles. The molecule has 0 spiro atoms. The lowest BCUT2D eigenvalue weighted by Crippen LogP contribution is -2.28. The van der Waals surface area contributed by atoms with Crippen LogP contribution in [0.25, 0.3) is 6.08 Å². The summed E-state index contributed by atoms with van der Waals surface area (Å²) in [6.45, 7) is 4.71. The van der Waals surface area contributed by atoms with Crippen LogP contribution in [0.3, 0.4) is 0 Å². The summed E-state index contributed by atoms with van der Waals surface area (Å²) in [5.74, 6) is 0.379. The van der Waals surface area contributed by atoms with Gasteiger partial charge < -0.3 is 14.2 Å². The first kappa shape index (κ1) is 20.3. The summed E-state index contributed by atoms with van der Waals surface area (Å²) in [7, 11) is 1.30. The van der Waals surface area contributed by atoms with Crippen LogP contribution in [0.1, 0.15) is 25.8 Å². The van der Waals surface area contributed by atoms with E-state index >= 15 is 0 Å². The Labute approximate surface area is 162 Å². The summed E-state index contributed by atoms with van der Waals surface area (Å²) in [6.07, 6.45) is 2.63. The van der Waals surface area contributed by atoms with Gasteiger partial charge in [-0.15, -0.1) is 0 Å². The van der Waals surface area contributed by atoms with E-state index in [0.717, 1.165) is 12.0 Å². The van der Waals surface area contributed by atoms with Gasteiger partial charge in [0.25, 0.3) is 5.91 Å². The molecule has 1 heterocycles. The van der Waals surface area contributed by atoms with Crippen molar-refractivity contribution in [3.05, 3.63) is 28.7 Å². The minimum absolute atomic E-state index is 0.0779. The Morgan fingerprint density at radius 1 is 1.27 bits per heavy atom. The number of benzene rings is 1. The van der Waals surface area contributed by atoms with Gasteiger partial charge in [-0.3, -0.25) is 9.69 Å². The highest BCUT2D eigenvalue weighted by molar-refractivity contribution is 8.26. The third-order valence-corrected chi connectivity index (χ3v) is 4.84. The summed E-state index contributed by atoms with van der Waals surface area (Å²) >= 11 is 6.57. The van der Waals surface area contributed by atoms with Gasteiger partial charge in [-0.25, -0.2) is 4.79 Å². The number of methoxy groups -OCH3 is 1. The van der Waals surface area contributed by atoms with E-state index in [4.69, 9.17) is 21.7 Å². The molecule has 140 valence electrons. The Hall–Kier alpha value is -2.06. The third-order valence-electron chi connectivity index (χ3n) is 3.46. The lowest BCUT2D eigenvalue weighted by Gasteiger charge is -2.12. The maximum absolute atomic E-state index is 12.4. The van der Waals surface area contributed by atoms with E-state index < -0.39 is 5.97 Å². The molecule has 6 nitrogen and oxygen atoms in total. The van der Waals surface area contributed by atoms with E-state index in [-0.39, 0.29) is 12.5 Å². The van der Waals surface area contributed by atoms with Gasteiger partial charge in [0.15, 0.2) is 18.1 Å². The molecule has 26 heavy (non-hydrogen) atoms. The quantitative estimate of drug-likeness (QED) is 0.380. The van der Waals surface area contributed by atoms with Crippen molar-refractivity contribution in [2.24, 2.45) is 0 Å². The van der Waals surface area contributed by atoms with Gasteiger partial charge in [0.1, 0.15) is 4.32 Å². The van der Waals surface area contributed by atoms with Crippen LogP contribution in [0, 0.1) is 0 Å². The molecular weight excluding hydrogens is 374 g/mol. The molecule has 1 aliphatic heterocycles. The van der Waals surface area contributed by atoms with Crippen molar-refractivity contribution in [2.75, 3.05) is 26.9 Å². The first-order chi connectivity index (χ1) is 12.5. The average Bonchev–Trinajstić information content (AvgIpc) is 2.89. The van der Waals surface area contributed by atoms with Crippen molar-refractivity contribution < 1.29 is 23.8 Å². The normalized spacial score (nSPS) is 15.5. The van der Waals surface area contributed by atoms with E-state index in [9.17, 15) is 9.59 Å². The summed E-state index contributed by atoms with van der Waals surface area (Å²) in [5, 5.41) is 0. The number of thioether (sulfide) groups is 1. The van der Waals surface area contributed by atoms with E-state index in [1.165, 1.54) is 18.9 Å². The zero-order valence-corrected chi connectivity index (χ0v) is 16.6. The smallest absolute Gasteiger partial charge is 0.343 e. The Bertz CT molecular complexity index is 732. The van der Waals surface area contributed by atoms with Gasteiger partial charge >= 0.3 is 5.97 Å². The molecule has 1 saturated heterocycles. The molecule has 0 N–H and O–H groups in total. The van der Waals surface area contributed by atoms with Gasteiger partial charge in [-0.1, -0.05) is 37.0 Å². The van der Waals surface area contributed by atoms with Gasteiger partial charge in [-0.05, 0) is 37.1 Å². The number of hydrogen-bond donors (Lipinski definition) is 0. The maximum atomic E-state index is 12.4. The molecule has 1 aromatic carbocycles. The minimum atomic E-state index is -0.476. The zero-order valence-electron chi connectivity index (χ0n) is 14.9. The predicted octanol–water partition coefficient (Wildman–Crippen LogP) is 3.25. The monoisotopic (exact) mass is 395 g/mol. The van der Waals surface area contributed by atoms with Crippen molar-refractivity contribution in [1.82, 2.24) is 4.90 Å². The molecule has 0 atom stereocenters. The van der Waals surface area contributed by atoms with Gasteiger partial charge in [-0.2, -0.15) is 0 Å². The molecule has 1 aromatic rings. The molecule has 1 amide bonds. The van der Waals surface area contributed by atoms with Gasteiger partial charge in [0.05, 0.1) is 18.6 Å². The number of amides is 1. The Kier molecular flexibility index (Phi) is 7.47. The molecule has 1 aliphatic rings. The molecule has 0 unspecified atom stereocenters. The molecule has 0 bridgehead atoms. The number of ether oxygens (including phenoxy) is 3. The van der Waals surface area contributed by atoms with Gasteiger partial charge in [0, 0.05) is 6.54 Å². The van der Waals surface area contributed by atoms with Crippen molar-refractivity contribution in [2.45, 2.75) is 20.3 Å². The van der Waals surface area contributed by atoms with Crippen LogP contribution in [0.2, 0.25) is 0 Å². The summed E-state index contributed by atoms with van der Waals surface area (Å²) in [5.41, 5.74) is 0.788. The van der Waals surface area contributed by atoms with Crippen LogP contribution < -0.4 is 9.47 Å². The minimum Gasteiger partial charge on any atom is -0.490 e. The number of hydrogen-bond acceptors (Lipinski definition) is 7. The second kappa shape index (κ2) is 9.59. The fourth-order valence-corrected chi connectivity index (χ4v) is 3.57. The van der Waals surface area contributed by atoms with Crippen LogP contribution in [-0.2, 0) is 14.3 Å². The third kappa shape index (κ3) is 4.98. The molecule has 0 aliphatic carbocycles. The highest BCUT2D eigenvalue weighted by Gasteiger charge is 2.31. The number of thiocarbonyl (C=S) groups is 1. The topological polar surface area (TPSA) is 65.1 Å². The molecule has 0 radical (unpaired) electrons. The maximum Gasteiger partial charge on any atom is 0.343 e. The van der Waals surface area contributed by atoms with Crippen LogP contribution in [0.5, 0.6) is 11.5 Å². The lowest BCUT2D eigenvalue weighted by molar-refractivity contribution is -0.142. The van der Waals surface area contributed by atoms with E-state index in [1.807, 2.05) is 13.8 Å². The number of rotatable bonds is 8. The van der Waals surface area contributed by atoms with Crippen LogP contribution in [-0.4, -0.2) is 48.0 Å². The fourth-order valence-electron chi connectivity index (χ4n) is 2.27. The SMILES string of the molecule is CCCN1C(=O)/C(=C/c2ccc(OCC(=O)OC)c(OCC)c2)SC1=S. The second-order valence-electron chi connectivity index (χ2n) is 5.34. The van der Waals surface area contributed by atoms with Gasteiger partial charge in [0.2, 0.25) is 0 Å². The molecule has 0 saturated carbocycles. The summed E-state index contributed by atoms with van der Waals surface area (Å²) in [4.78, 5) is 25.9.